The third kappa shape index (κ3) is 3.54. The van der Waals surface area contributed by atoms with Crippen LogP contribution in [0.15, 0.2) is 47.6 Å². The van der Waals surface area contributed by atoms with Gasteiger partial charge in [-0.2, -0.15) is 0 Å². The molecule has 0 radical (unpaired) electrons. The molecule has 6 heteroatoms. The van der Waals surface area contributed by atoms with Crippen LogP contribution in [0.5, 0.6) is 0 Å². The number of aromatic nitrogens is 3. The van der Waals surface area contributed by atoms with Crippen molar-refractivity contribution in [2.24, 2.45) is 0 Å². The molecule has 0 fully saturated rings. The molecular weight excluding hydrogens is 325 g/mol. The SMILES string of the molecule is Cc1ccc(C(=O)CSc2n[nH]c(-c3ccccc3F)n2)c(C)c1. The average molecular weight is 341 g/mol. The van der Waals surface area contributed by atoms with Crippen molar-refractivity contribution in [1.29, 1.82) is 0 Å². The van der Waals surface area contributed by atoms with Crippen LogP contribution in [0.25, 0.3) is 11.4 Å². The summed E-state index contributed by atoms with van der Waals surface area (Å²) in [5, 5.41) is 7.18. The molecule has 0 bridgehead atoms. The molecule has 0 aliphatic rings. The molecule has 0 aliphatic carbocycles. The quantitative estimate of drug-likeness (QED) is 0.558. The topological polar surface area (TPSA) is 58.6 Å². The summed E-state index contributed by atoms with van der Waals surface area (Å²) in [6, 6.07) is 12.1. The van der Waals surface area contributed by atoms with E-state index in [0.717, 1.165) is 11.1 Å². The van der Waals surface area contributed by atoms with Crippen LogP contribution < -0.4 is 0 Å². The number of Topliss-reactive ketones (excluding diaryl/α,β-unsaturated/α-hetero) is 1. The number of hydrogen-bond acceptors (Lipinski definition) is 4. The fourth-order valence-electron chi connectivity index (χ4n) is 2.42. The predicted molar refractivity (Wildman–Crippen MR) is 92.7 cm³/mol. The molecule has 0 amide bonds. The van der Waals surface area contributed by atoms with Crippen molar-refractivity contribution < 1.29 is 9.18 Å². The maximum Gasteiger partial charge on any atom is 0.209 e. The first-order valence-electron chi connectivity index (χ1n) is 7.45. The predicted octanol–water partition coefficient (Wildman–Crippen LogP) is 4.20. The number of aryl methyl sites for hydroxylation is 2. The van der Waals surface area contributed by atoms with E-state index in [1.165, 1.54) is 17.8 Å². The first kappa shape index (κ1) is 16.4. The van der Waals surface area contributed by atoms with E-state index in [1.54, 1.807) is 18.2 Å². The van der Waals surface area contributed by atoms with Crippen LogP contribution in [0.1, 0.15) is 21.5 Å². The summed E-state index contributed by atoms with van der Waals surface area (Å²) in [5.74, 6) is 0.249. The standard InChI is InChI=1S/C18H16FN3OS/c1-11-7-8-13(12(2)9-11)16(23)10-24-18-20-17(21-22-18)14-5-3-4-6-15(14)19/h3-9H,10H2,1-2H3,(H,20,21,22). The largest absolute Gasteiger partial charge is 0.293 e. The number of nitrogens with one attached hydrogen (secondary N) is 1. The molecule has 0 spiro atoms. The van der Waals surface area contributed by atoms with Crippen molar-refractivity contribution in [3.05, 3.63) is 65.0 Å². The number of H-pyrrole nitrogens is 1. The monoisotopic (exact) mass is 341 g/mol. The summed E-state index contributed by atoms with van der Waals surface area (Å²) in [6.07, 6.45) is 0. The first-order chi connectivity index (χ1) is 11.5. The van der Waals surface area contributed by atoms with Crippen LogP contribution in [0, 0.1) is 19.7 Å². The Morgan fingerprint density at radius 1 is 1.21 bits per heavy atom. The van der Waals surface area contributed by atoms with Crippen LogP contribution in [0.4, 0.5) is 4.39 Å². The van der Waals surface area contributed by atoms with Gasteiger partial charge in [0.1, 0.15) is 5.82 Å². The lowest BCUT2D eigenvalue weighted by atomic mass is 10.0. The van der Waals surface area contributed by atoms with Crippen LogP contribution in [0.2, 0.25) is 0 Å². The third-order valence-corrected chi connectivity index (χ3v) is 4.46. The lowest BCUT2D eigenvalue weighted by Gasteiger charge is -2.04. The minimum Gasteiger partial charge on any atom is -0.293 e. The van der Waals surface area contributed by atoms with Crippen molar-refractivity contribution in [1.82, 2.24) is 15.2 Å². The van der Waals surface area contributed by atoms with Crippen molar-refractivity contribution in [3.8, 4) is 11.4 Å². The van der Waals surface area contributed by atoms with Gasteiger partial charge in [-0.25, -0.2) is 9.37 Å². The summed E-state index contributed by atoms with van der Waals surface area (Å²) in [4.78, 5) is 16.6. The van der Waals surface area contributed by atoms with Gasteiger partial charge in [0.05, 0.1) is 11.3 Å². The summed E-state index contributed by atoms with van der Waals surface area (Å²) < 4.78 is 13.7. The molecule has 2 aromatic carbocycles. The lowest BCUT2D eigenvalue weighted by Crippen LogP contribution is -2.05. The number of halogens is 1. The number of nitrogens with zero attached hydrogens (tertiary/aromatic N) is 2. The number of carbonyl (C=O) groups is 1. The highest BCUT2D eigenvalue weighted by atomic mass is 32.2. The minimum absolute atomic E-state index is 0.0229. The maximum absolute atomic E-state index is 13.7. The number of benzene rings is 2. The van der Waals surface area contributed by atoms with Crippen LogP contribution >= 0.6 is 11.8 Å². The van der Waals surface area contributed by atoms with Gasteiger partial charge in [-0.3, -0.25) is 9.89 Å². The molecule has 3 aromatic rings. The number of ketones is 1. The molecule has 0 unspecified atom stereocenters. The molecule has 24 heavy (non-hydrogen) atoms. The van der Waals surface area contributed by atoms with Gasteiger partial charge in [0.15, 0.2) is 11.6 Å². The Morgan fingerprint density at radius 3 is 2.75 bits per heavy atom. The number of thioether (sulfide) groups is 1. The Bertz CT molecular complexity index is 891. The Morgan fingerprint density at radius 2 is 2.00 bits per heavy atom. The highest BCUT2D eigenvalue weighted by Gasteiger charge is 2.13. The van der Waals surface area contributed by atoms with E-state index in [9.17, 15) is 9.18 Å². The van der Waals surface area contributed by atoms with Gasteiger partial charge in [0.25, 0.3) is 0 Å². The maximum atomic E-state index is 13.7. The molecule has 1 aromatic heterocycles. The number of rotatable bonds is 5. The van der Waals surface area contributed by atoms with Crippen molar-refractivity contribution in [2.75, 3.05) is 5.75 Å². The second-order valence-electron chi connectivity index (χ2n) is 5.48. The zero-order valence-corrected chi connectivity index (χ0v) is 14.2. The molecule has 3 rings (SSSR count). The van der Waals surface area contributed by atoms with Gasteiger partial charge in [-0.15, -0.1) is 5.10 Å². The van der Waals surface area contributed by atoms with Gasteiger partial charge in [-0.1, -0.05) is 47.7 Å². The second-order valence-corrected chi connectivity index (χ2v) is 6.42. The highest BCUT2D eigenvalue weighted by Crippen LogP contribution is 2.22. The molecular formula is C18H16FN3OS. The third-order valence-electron chi connectivity index (χ3n) is 3.61. The Kier molecular flexibility index (Phi) is 4.76. The number of carbonyl (C=O) groups excluding carboxylic acids is 1. The summed E-state index contributed by atoms with van der Waals surface area (Å²) in [7, 11) is 0. The lowest BCUT2D eigenvalue weighted by molar-refractivity contribution is 0.102. The van der Waals surface area contributed by atoms with E-state index in [2.05, 4.69) is 15.2 Å². The zero-order chi connectivity index (χ0) is 17.1. The smallest absolute Gasteiger partial charge is 0.209 e. The highest BCUT2D eigenvalue weighted by molar-refractivity contribution is 7.99. The van der Waals surface area contributed by atoms with Gasteiger partial charge in [0, 0.05) is 5.56 Å². The van der Waals surface area contributed by atoms with Gasteiger partial charge < -0.3 is 0 Å². The number of hydrogen-bond donors (Lipinski definition) is 1. The molecule has 4 nitrogen and oxygen atoms in total. The minimum atomic E-state index is -0.364. The summed E-state index contributed by atoms with van der Waals surface area (Å²) in [5.41, 5.74) is 3.15. The zero-order valence-electron chi connectivity index (χ0n) is 13.3. The van der Waals surface area contributed by atoms with Crippen LogP contribution in [0.3, 0.4) is 0 Å². The van der Waals surface area contributed by atoms with Crippen LogP contribution in [-0.2, 0) is 0 Å². The molecule has 0 aliphatic heterocycles. The molecule has 0 saturated heterocycles. The Balaban J connectivity index is 1.69. The summed E-state index contributed by atoms with van der Waals surface area (Å²) in [6.45, 7) is 3.92. The Hall–Kier alpha value is -2.47. The van der Waals surface area contributed by atoms with Crippen molar-refractivity contribution in [3.63, 3.8) is 0 Å². The van der Waals surface area contributed by atoms with Crippen LogP contribution in [-0.4, -0.2) is 26.7 Å². The Labute approximate surface area is 143 Å². The van der Waals surface area contributed by atoms with Gasteiger partial charge in [-0.05, 0) is 31.5 Å². The molecule has 0 atom stereocenters. The molecule has 1 N–H and O–H groups in total. The fourth-order valence-corrected chi connectivity index (χ4v) is 3.10. The van der Waals surface area contributed by atoms with Gasteiger partial charge >= 0.3 is 0 Å². The normalized spacial score (nSPS) is 10.8. The average Bonchev–Trinajstić information content (AvgIpc) is 3.02. The van der Waals surface area contributed by atoms with Crippen molar-refractivity contribution >= 4 is 17.5 Å². The summed E-state index contributed by atoms with van der Waals surface area (Å²) >= 11 is 1.23. The molecule has 1 heterocycles. The van der Waals surface area contributed by atoms with Crippen molar-refractivity contribution in [2.45, 2.75) is 19.0 Å². The van der Waals surface area contributed by atoms with E-state index >= 15 is 0 Å². The van der Waals surface area contributed by atoms with Gasteiger partial charge in [0.2, 0.25) is 5.16 Å². The van der Waals surface area contributed by atoms with E-state index in [1.807, 2.05) is 32.0 Å². The van der Waals surface area contributed by atoms with E-state index in [4.69, 9.17) is 0 Å². The van der Waals surface area contributed by atoms with E-state index < -0.39 is 0 Å². The molecule has 122 valence electrons. The van der Waals surface area contributed by atoms with E-state index in [-0.39, 0.29) is 17.4 Å². The number of aromatic amines is 1. The fraction of sp³-hybridized carbons (Fsp3) is 0.167. The first-order valence-corrected chi connectivity index (χ1v) is 8.43. The second kappa shape index (κ2) is 6.97. The van der Waals surface area contributed by atoms with E-state index in [0.29, 0.717) is 22.1 Å². The molecule has 0 saturated carbocycles.